The van der Waals surface area contributed by atoms with Gasteiger partial charge in [-0.1, -0.05) is 24.3 Å². The highest BCUT2D eigenvalue weighted by molar-refractivity contribution is 7.12. The monoisotopic (exact) mass is 314 g/mol. The molecular weight excluding hydrogens is 296 g/mol. The summed E-state index contributed by atoms with van der Waals surface area (Å²) in [7, 11) is 0. The van der Waals surface area contributed by atoms with Crippen LogP contribution in [-0.2, 0) is 11.2 Å². The van der Waals surface area contributed by atoms with Gasteiger partial charge in [-0.25, -0.2) is 0 Å². The Balaban J connectivity index is 1.75. The van der Waals surface area contributed by atoms with Crippen molar-refractivity contribution in [2.75, 3.05) is 4.90 Å². The van der Waals surface area contributed by atoms with Crippen molar-refractivity contribution in [3.05, 3.63) is 52.2 Å². The quantitative estimate of drug-likeness (QED) is 0.947. The summed E-state index contributed by atoms with van der Waals surface area (Å²) in [5.41, 5.74) is 2.14. The average Bonchev–Trinajstić information content (AvgIpc) is 3.13. The van der Waals surface area contributed by atoms with Gasteiger partial charge in [-0.3, -0.25) is 9.59 Å². The molecule has 22 heavy (non-hydrogen) atoms. The second kappa shape index (κ2) is 5.93. The number of nitrogens with one attached hydrogen (secondary N) is 1. The van der Waals surface area contributed by atoms with Crippen LogP contribution in [0.2, 0.25) is 0 Å². The maximum Gasteiger partial charge on any atom is 0.261 e. The van der Waals surface area contributed by atoms with Crippen molar-refractivity contribution in [1.82, 2.24) is 5.32 Å². The van der Waals surface area contributed by atoms with E-state index in [1.165, 1.54) is 16.9 Å². The van der Waals surface area contributed by atoms with Crippen molar-refractivity contribution in [2.24, 2.45) is 0 Å². The molecule has 1 aromatic heterocycles. The third kappa shape index (κ3) is 2.64. The Hall–Kier alpha value is -2.14. The molecule has 1 aliphatic rings. The van der Waals surface area contributed by atoms with E-state index in [1.54, 1.807) is 17.9 Å². The lowest BCUT2D eigenvalue weighted by atomic mass is 10.1. The summed E-state index contributed by atoms with van der Waals surface area (Å²) in [4.78, 5) is 27.2. The minimum Gasteiger partial charge on any atom is -0.340 e. The van der Waals surface area contributed by atoms with Crippen molar-refractivity contribution in [2.45, 2.75) is 32.4 Å². The van der Waals surface area contributed by atoms with Crippen LogP contribution in [0.15, 0.2) is 41.8 Å². The molecule has 0 spiro atoms. The molecule has 2 heterocycles. The topological polar surface area (TPSA) is 49.4 Å². The van der Waals surface area contributed by atoms with E-state index in [1.807, 2.05) is 42.6 Å². The fourth-order valence-corrected chi connectivity index (χ4v) is 3.47. The minimum absolute atomic E-state index is 0.0673. The minimum atomic E-state index is -0.553. The van der Waals surface area contributed by atoms with Crippen molar-refractivity contribution >= 4 is 28.8 Å². The molecule has 0 saturated carbocycles. The fourth-order valence-electron chi connectivity index (χ4n) is 2.85. The third-order valence-electron chi connectivity index (χ3n) is 3.91. The van der Waals surface area contributed by atoms with E-state index in [4.69, 9.17) is 0 Å². The zero-order valence-corrected chi connectivity index (χ0v) is 13.4. The Morgan fingerprint density at radius 1 is 1.27 bits per heavy atom. The molecule has 1 aliphatic heterocycles. The highest BCUT2D eigenvalue weighted by Gasteiger charge is 2.33. The molecule has 114 valence electrons. The number of rotatable bonds is 3. The van der Waals surface area contributed by atoms with E-state index in [2.05, 4.69) is 5.32 Å². The first-order valence-corrected chi connectivity index (χ1v) is 8.21. The van der Waals surface area contributed by atoms with Crippen LogP contribution in [0.3, 0.4) is 0 Å². The van der Waals surface area contributed by atoms with Crippen LogP contribution in [0.25, 0.3) is 0 Å². The van der Waals surface area contributed by atoms with Gasteiger partial charge in [-0.15, -0.1) is 11.3 Å². The number of carbonyl (C=O) groups is 2. The van der Waals surface area contributed by atoms with Gasteiger partial charge in [0.25, 0.3) is 5.91 Å². The lowest BCUT2D eigenvalue weighted by Crippen LogP contribution is -2.48. The average molecular weight is 314 g/mol. The molecule has 5 heteroatoms. The molecule has 1 N–H and O–H groups in total. The molecule has 1 aromatic carbocycles. The fraction of sp³-hybridized carbons (Fsp3) is 0.294. The van der Waals surface area contributed by atoms with Crippen molar-refractivity contribution in [1.29, 1.82) is 0 Å². The number of amides is 2. The molecule has 0 saturated heterocycles. The van der Waals surface area contributed by atoms with Crippen LogP contribution in [0.5, 0.6) is 0 Å². The Morgan fingerprint density at radius 2 is 2.05 bits per heavy atom. The van der Waals surface area contributed by atoms with Crippen LogP contribution in [-0.4, -0.2) is 23.9 Å². The van der Waals surface area contributed by atoms with Crippen molar-refractivity contribution in [3.63, 3.8) is 0 Å². The van der Waals surface area contributed by atoms with Crippen LogP contribution in [0.1, 0.15) is 29.1 Å². The molecule has 2 aromatic rings. The zero-order valence-electron chi connectivity index (χ0n) is 12.6. The Kier molecular flexibility index (Phi) is 3.98. The SMILES string of the molecule is CC(NC(=O)c1cccs1)C(=O)N1c2ccccc2CC1C. The smallest absolute Gasteiger partial charge is 0.261 e. The Bertz CT molecular complexity index is 696. The molecule has 2 amide bonds. The van der Waals surface area contributed by atoms with E-state index < -0.39 is 6.04 Å². The van der Waals surface area contributed by atoms with Crippen LogP contribution < -0.4 is 10.2 Å². The second-order valence-corrected chi connectivity index (χ2v) is 6.51. The number of anilines is 1. The maximum absolute atomic E-state index is 12.7. The molecule has 0 fully saturated rings. The van der Waals surface area contributed by atoms with Gasteiger partial charge in [0.2, 0.25) is 5.91 Å². The molecular formula is C17H18N2O2S. The molecule has 2 atom stereocenters. The second-order valence-electron chi connectivity index (χ2n) is 5.56. The lowest BCUT2D eigenvalue weighted by Gasteiger charge is -2.26. The normalized spacial score (nSPS) is 17.9. The number of carbonyl (C=O) groups excluding carboxylic acids is 2. The Labute approximate surface area is 133 Å². The van der Waals surface area contributed by atoms with Crippen LogP contribution >= 0.6 is 11.3 Å². The summed E-state index contributed by atoms with van der Waals surface area (Å²) < 4.78 is 0. The van der Waals surface area contributed by atoms with Gasteiger partial charge in [0.05, 0.1) is 4.88 Å². The number of hydrogen-bond acceptors (Lipinski definition) is 3. The van der Waals surface area contributed by atoms with E-state index in [0.29, 0.717) is 4.88 Å². The number of thiophene rings is 1. The predicted octanol–water partition coefficient (Wildman–Crippen LogP) is 2.84. The van der Waals surface area contributed by atoms with Crippen LogP contribution in [0, 0.1) is 0 Å². The first kappa shape index (κ1) is 14.8. The number of para-hydroxylation sites is 1. The lowest BCUT2D eigenvalue weighted by molar-refractivity contribution is -0.120. The van der Waals surface area contributed by atoms with E-state index in [0.717, 1.165) is 12.1 Å². The first-order chi connectivity index (χ1) is 10.6. The largest absolute Gasteiger partial charge is 0.340 e. The molecule has 0 radical (unpaired) electrons. The maximum atomic E-state index is 12.7. The summed E-state index contributed by atoms with van der Waals surface area (Å²) in [6, 6.07) is 11.1. The number of benzene rings is 1. The molecule has 0 bridgehead atoms. The van der Waals surface area contributed by atoms with Gasteiger partial charge in [0.1, 0.15) is 6.04 Å². The van der Waals surface area contributed by atoms with Gasteiger partial charge >= 0.3 is 0 Å². The number of fused-ring (bicyclic) bond motifs is 1. The van der Waals surface area contributed by atoms with E-state index in [9.17, 15) is 9.59 Å². The Morgan fingerprint density at radius 3 is 2.77 bits per heavy atom. The van der Waals surface area contributed by atoms with Gasteiger partial charge in [-0.2, -0.15) is 0 Å². The van der Waals surface area contributed by atoms with E-state index in [-0.39, 0.29) is 17.9 Å². The van der Waals surface area contributed by atoms with Crippen molar-refractivity contribution in [3.8, 4) is 0 Å². The molecule has 0 aliphatic carbocycles. The molecule has 3 rings (SSSR count). The van der Waals surface area contributed by atoms with Crippen LogP contribution in [0.4, 0.5) is 5.69 Å². The molecule has 2 unspecified atom stereocenters. The predicted molar refractivity (Wildman–Crippen MR) is 88.3 cm³/mol. The van der Waals surface area contributed by atoms with Gasteiger partial charge in [0, 0.05) is 11.7 Å². The highest BCUT2D eigenvalue weighted by Crippen LogP contribution is 2.32. The van der Waals surface area contributed by atoms with Gasteiger partial charge in [-0.05, 0) is 43.3 Å². The van der Waals surface area contributed by atoms with Crippen molar-refractivity contribution < 1.29 is 9.59 Å². The summed E-state index contributed by atoms with van der Waals surface area (Å²) >= 11 is 1.37. The van der Waals surface area contributed by atoms with Gasteiger partial charge in [0.15, 0.2) is 0 Å². The van der Waals surface area contributed by atoms with E-state index >= 15 is 0 Å². The number of nitrogens with zero attached hydrogens (tertiary/aromatic N) is 1. The highest BCUT2D eigenvalue weighted by atomic mass is 32.1. The first-order valence-electron chi connectivity index (χ1n) is 7.33. The standard InChI is InChI=1S/C17H18N2O2S/c1-11-10-13-6-3-4-7-14(13)19(11)17(21)12(2)18-16(20)15-8-5-9-22-15/h3-9,11-12H,10H2,1-2H3,(H,18,20). The summed E-state index contributed by atoms with van der Waals surface area (Å²) in [6.07, 6.45) is 0.855. The third-order valence-corrected chi connectivity index (χ3v) is 4.78. The summed E-state index contributed by atoms with van der Waals surface area (Å²) in [6.45, 7) is 3.77. The van der Waals surface area contributed by atoms with Gasteiger partial charge < -0.3 is 10.2 Å². The summed E-state index contributed by atoms with van der Waals surface area (Å²) in [5, 5.41) is 4.64. The molecule has 4 nitrogen and oxygen atoms in total. The summed E-state index contributed by atoms with van der Waals surface area (Å²) in [5.74, 6) is -0.265. The number of hydrogen-bond donors (Lipinski definition) is 1. The zero-order chi connectivity index (χ0) is 15.7.